The Morgan fingerprint density at radius 2 is 2.07 bits per heavy atom. The molecular formula is C11H14FNOS. The zero-order valence-electron chi connectivity index (χ0n) is 8.65. The first-order valence-corrected chi connectivity index (χ1v) is 6.23. The molecule has 2 unspecified atom stereocenters. The van der Waals surface area contributed by atoms with Crippen LogP contribution in [0.3, 0.4) is 0 Å². The van der Waals surface area contributed by atoms with Crippen LogP contribution in [0.2, 0.25) is 0 Å². The standard InChI is InChI=1S/C11H14FNOS/c1-9-3-2-8-13(9)15(14)11-6-4-10(12)5-7-11/h4-7,9H,2-3,8H2,1H3. The smallest absolute Gasteiger partial charge is 0.127 e. The van der Waals surface area contributed by atoms with Crippen molar-refractivity contribution in [3.05, 3.63) is 30.1 Å². The summed E-state index contributed by atoms with van der Waals surface area (Å²) in [6, 6.07) is 6.26. The van der Waals surface area contributed by atoms with Gasteiger partial charge in [-0.25, -0.2) is 12.9 Å². The van der Waals surface area contributed by atoms with Gasteiger partial charge in [-0.15, -0.1) is 0 Å². The second-order valence-corrected chi connectivity index (χ2v) is 5.27. The van der Waals surface area contributed by atoms with Crippen LogP contribution in [0.25, 0.3) is 0 Å². The summed E-state index contributed by atoms with van der Waals surface area (Å²) in [4.78, 5) is 0.685. The molecule has 82 valence electrons. The van der Waals surface area contributed by atoms with E-state index in [1.807, 2.05) is 4.31 Å². The normalized spacial score (nSPS) is 24.3. The lowest BCUT2D eigenvalue weighted by molar-refractivity contribution is 0.441. The Morgan fingerprint density at radius 1 is 1.40 bits per heavy atom. The minimum atomic E-state index is -1.13. The van der Waals surface area contributed by atoms with Crippen LogP contribution in [-0.4, -0.2) is 21.1 Å². The van der Waals surface area contributed by atoms with Crippen molar-refractivity contribution in [3.63, 3.8) is 0 Å². The third kappa shape index (κ3) is 2.26. The molecule has 0 amide bonds. The first kappa shape index (κ1) is 10.8. The Labute approximate surface area is 91.7 Å². The monoisotopic (exact) mass is 227 g/mol. The van der Waals surface area contributed by atoms with E-state index < -0.39 is 11.0 Å². The molecular weight excluding hydrogens is 213 g/mol. The Balaban J connectivity index is 2.17. The molecule has 1 aliphatic heterocycles. The SMILES string of the molecule is CC1CCCN1S(=O)c1ccc(F)cc1. The minimum Gasteiger partial charge on any atom is -0.237 e. The van der Waals surface area contributed by atoms with Crippen molar-refractivity contribution in [1.82, 2.24) is 4.31 Å². The van der Waals surface area contributed by atoms with Crippen molar-refractivity contribution < 1.29 is 8.60 Å². The van der Waals surface area contributed by atoms with Crippen molar-refractivity contribution in [1.29, 1.82) is 0 Å². The van der Waals surface area contributed by atoms with Crippen LogP contribution in [-0.2, 0) is 11.0 Å². The minimum absolute atomic E-state index is 0.287. The molecule has 2 atom stereocenters. The highest BCUT2D eigenvalue weighted by atomic mass is 32.2. The predicted molar refractivity (Wildman–Crippen MR) is 58.2 cm³/mol. The van der Waals surface area contributed by atoms with Crippen LogP contribution in [0.15, 0.2) is 29.2 Å². The Bertz CT molecular complexity index is 365. The molecule has 2 rings (SSSR count). The third-order valence-corrected chi connectivity index (χ3v) is 4.36. The van der Waals surface area contributed by atoms with Crippen LogP contribution in [0.1, 0.15) is 19.8 Å². The molecule has 1 aromatic rings. The van der Waals surface area contributed by atoms with E-state index in [4.69, 9.17) is 0 Å². The number of hydrogen-bond acceptors (Lipinski definition) is 1. The van der Waals surface area contributed by atoms with E-state index in [1.165, 1.54) is 12.1 Å². The molecule has 0 bridgehead atoms. The molecule has 1 aromatic carbocycles. The van der Waals surface area contributed by atoms with Gasteiger partial charge in [0, 0.05) is 12.6 Å². The summed E-state index contributed by atoms with van der Waals surface area (Å²) in [6.07, 6.45) is 2.18. The number of halogens is 1. The highest BCUT2D eigenvalue weighted by Gasteiger charge is 2.25. The van der Waals surface area contributed by atoms with E-state index in [2.05, 4.69) is 6.92 Å². The number of nitrogens with zero attached hydrogens (tertiary/aromatic N) is 1. The van der Waals surface area contributed by atoms with Crippen LogP contribution in [0, 0.1) is 5.82 Å². The quantitative estimate of drug-likeness (QED) is 0.759. The molecule has 2 nitrogen and oxygen atoms in total. The highest BCUT2D eigenvalue weighted by molar-refractivity contribution is 7.82. The van der Waals surface area contributed by atoms with E-state index in [-0.39, 0.29) is 5.82 Å². The largest absolute Gasteiger partial charge is 0.237 e. The maximum atomic E-state index is 12.7. The topological polar surface area (TPSA) is 20.3 Å². The van der Waals surface area contributed by atoms with Gasteiger partial charge in [-0.2, -0.15) is 0 Å². The van der Waals surface area contributed by atoms with Crippen molar-refractivity contribution in [2.75, 3.05) is 6.54 Å². The van der Waals surface area contributed by atoms with Gasteiger partial charge in [0.05, 0.1) is 4.90 Å². The molecule has 4 heteroatoms. The predicted octanol–water partition coefficient (Wildman–Crippen LogP) is 2.33. The molecule has 1 aliphatic rings. The van der Waals surface area contributed by atoms with Gasteiger partial charge in [0.1, 0.15) is 16.8 Å². The summed E-state index contributed by atoms with van der Waals surface area (Å²) < 4.78 is 26.7. The molecule has 0 aromatic heterocycles. The molecule has 1 saturated heterocycles. The third-order valence-electron chi connectivity index (χ3n) is 2.72. The summed E-state index contributed by atoms with van der Waals surface area (Å²) in [5.41, 5.74) is 0. The van der Waals surface area contributed by atoms with E-state index in [0.29, 0.717) is 10.9 Å². The zero-order valence-corrected chi connectivity index (χ0v) is 9.47. The van der Waals surface area contributed by atoms with E-state index in [1.54, 1.807) is 12.1 Å². The Hall–Kier alpha value is -0.740. The van der Waals surface area contributed by atoms with Gasteiger partial charge in [0.15, 0.2) is 0 Å². The molecule has 0 spiro atoms. The van der Waals surface area contributed by atoms with Crippen LogP contribution < -0.4 is 0 Å². The first-order chi connectivity index (χ1) is 7.18. The van der Waals surface area contributed by atoms with Gasteiger partial charge in [-0.1, -0.05) is 0 Å². The van der Waals surface area contributed by atoms with Gasteiger partial charge in [-0.05, 0) is 44.0 Å². The molecule has 1 fully saturated rings. The molecule has 0 radical (unpaired) electrons. The maximum Gasteiger partial charge on any atom is 0.127 e. The van der Waals surface area contributed by atoms with Crippen LogP contribution >= 0.6 is 0 Å². The molecule has 0 N–H and O–H groups in total. The summed E-state index contributed by atoms with van der Waals surface area (Å²) in [7, 11) is -1.13. The van der Waals surface area contributed by atoms with Crippen molar-refractivity contribution >= 4 is 11.0 Å². The maximum absolute atomic E-state index is 12.7. The van der Waals surface area contributed by atoms with Crippen molar-refractivity contribution in [2.45, 2.75) is 30.7 Å². The fourth-order valence-electron chi connectivity index (χ4n) is 1.84. The summed E-state index contributed by atoms with van der Waals surface area (Å²) >= 11 is 0. The first-order valence-electron chi connectivity index (χ1n) is 5.12. The Kier molecular flexibility index (Phi) is 3.17. The lowest BCUT2D eigenvalue weighted by atomic mass is 10.3. The molecule has 0 aliphatic carbocycles. The molecule has 0 saturated carbocycles. The fraction of sp³-hybridized carbons (Fsp3) is 0.455. The highest BCUT2D eigenvalue weighted by Crippen LogP contribution is 2.22. The average Bonchev–Trinajstić information content (AvgIpc) is 2.65. The second-order valence-electron chi connectivity index (χ2n) is 3.84. The number of hydrogen-bond donors (Lipinski definition) is 0. The lowest BCUT2D eigenvalue weighted by Crippen LogP contribution is -2.28. The van der Waals surface area contributed by atoms with Gasteiger partial charge >= 0.3 is 0 Å². The van der Waals surface area contributed by atoms with Gasteiger partial charge in [0.2, 0.25) is 0 Å². The molecule has 15 heavy (non-hydrogen) atoms. The van der Waals surface area contributed by atoms with Crippen LogP contribution in [0.5, 0.6) is 0 Å². The summed E-state index contributed by atoms with van der Waals surface area (Å²) in [5, 5.41) is 0. The van der Waals surface area contributed by atoms with Crippen molar-refractivity contribution in [3.8, 4) is 0 Å². The lowest BCUT2D eigenvalue weighted by Gasteiger charge is -2.19. The second kappa shape index (κ2) is 4.41. The summed E-state index contributed by atoms with van der Waals surface area (Å²) in [6.45, 7) is 2.94. The van der Waals surface area contributed by atoms with Crippen LogP contribution in [0.4, 0.5) is 4.39 Å². The number of rotatable bonds is 2. The number of benzene rings is 1. The van der Waals surface area contributed by atoms with Crippen molar-refractivity contribution in [2.24, 2.45) is 0 Å². The fourth-order valence-corrected chi connectivity index (χ4v) is 3.21. The molecule has 1 heterocycles. The summed E-state index contributed by atoms with van der Waals surface area (Å²) in [5.74, 6) is -0.287. The van der Waals surface area contributed by atoms with Gasteiger partial charge < -0.3 is 0 Å². The zero-order chi connectivity index (χ0) is 10.8. The van der Waals surface area contributed by atoms with Gasteiger partial charge in [-0.3, -0.25) is 0 Å². The average molecular weight is 227 g/mol. The van der Waals surface area contributed by atoms with Gasteiger partial charge in [0.25, 0.3) is 0 Å². The van der Waals surface area contributed by atoms with E-state index in [9.17, 15) is 8.60 Å². The van der Waals surface area contributed by atoms with E-state index >= 15 is 0 Å². The Morgan fingerprint density at radius 3 is 2.60 bits per heavy atom. The van der Waals surface area contributed by atoms with E-state index in [0.717, 1.165) is 19.4 Å².